The number of carbonyl (C=O) groups is 4. The van der Waals surface area contributed by atoms with E-state index in [2.05, 4.69) is 15.8 Å². The third-order valence-electron chi connectivity index (χ3n) is 4.20. The van der Waals surface area contributed by atoms with E-state index in [-0.39, 0.29) is 16.1 Å². The molecular weight excluding hydrogens is 448 g/mol. The summed E-state index contributed by atoms with van der Waals surface area (Å²) >= 11 is 5.98. The second kappa shape index (κ2) is 10.7. The van der Waals surface area contributed by atoms with Gasteiger partial charge in [-0.15, -0.1) is 0 Å². The third kappa shape index (κ3) is 6.49. The lowest BCUT2D eigenvalue weighted by Gasteiger charge is -2.06. The number of nitrogens with one attached hydrogen (secondary N) is 2. The maximum absolute atomic E-state index is 12.2. The Bertz CT molecular complexity index is 1220. The van der Waals surface area contributed by atoms with Crippen LogP contribution >= 0.6 is 11.6 Å². The molecule has 166 valence electrons. The van der Waals surface area contributed by atoms with Crippen molar-refractivity contribution in [3.8, 4) is 5.75 Å². The molecular formula is C23H17ClN4O5. The number of rotatable bonds is 6. The van der Waals surface area contributed by atoms with E-state index in [1.807, 2.05) is 0 Å². The summed E-state index contributed by atoms with van der Waals surface area (Å²) in [6.07, 6.45) is 1.31. The van der Waals surface area contributed by atoms with E-state index < -0.39 is 23.7 Å². The average Bonchev–Trinajstić information content (AvgIpc) is 2.80. The van der Waals surface area contributed by atoms with Crippen LogP contribution in [0.3, 0.4) is 0 Å². The van der Waals surface area contributed by atoms with Crippen molar-refractivity contribution in [2.45, 2.75) is 0 Å². The molecule has 0 saturated carbocycles. The summed E-state index contributed by atoms with van der Waals surface area (Å²) in [5.41, 5.74) is 8.65. The second-order valence-electron chi connectivity index (χ2n) is 6.53. The summed E-state index contributed by atoms with van der Waals surface area (Å²) in [6, 6.07) is 18.5. The van der Waals surface area contributed by atoms with Crippen molar-refractivity contribution < 1.29 is 23.9 Å². The molecule has 0 aromatic heterocycles. The lowest BCUT2D eigenvalue weighted by Crippen LogP contribution is -2.32. The predicted octanol–water partition coefficient (Wildman–Crippen LogP) is 2.75. The van der Waals surface area contributed by atoms with Gasteiger partial charge in [0.15, 0.2) is 0 Å². The lowest BCUT2D eigenvalue weighted by molar-refractivity contribution is -0.136. The van der Waals surface area contributed by atoms with Gasteiger partial charge in [0.25, 0.3) is 0 Å². The van der Waals surface area contributed by atoms with Gasteiger partial charge < -0.3 is 15.8 Å². The molecule has 10 heteroatoms. The number of amides is 3. The Hall–Kier alpha value is -4.50. The van der Waals surface area contributed by atoms with Crippen LogP contribution in [0.15, 0.2) is 77.9 Å². The van der Waals surface area contributed by atoms with Gasteiger partial charge in [-0.05, 0) is 66.2 Å². The van der Waals surface area contributed by atoms with Crippen LogP contribution in [0.1, 0.15) is 26.3 Å². The van der Waals surface area contributed by atoms with Gasteiger partial charge in [-0.1, -0.05) is 23.7 Å². The first-order valence-electron chi connectivity index (χ1n) is 9.44. The van der Waals surface area contributed by atoms with E-state index in [1.54, 1.807) is 48.5 Å². The van der Waals surface area contributed by atoms with Crippen LogP contribution < -0.4 is 21.2 Å². The molecule has 0 atom stereocenters. The van der Waals surface area contributed by atoms with Crippen molar-refractivity contribution in [2.75, 3.05) is 5.32 Å². The van der Waals surface area contributed by atoms with Crippen LogP contribution in [-0.4, -0.2) is 29.9 Å². The van der Waals surface area contributed by atoms with E-state index in [1.165, 1.54) is 30.5 Å². The molecule has 0 heterocycles. The van der Waals surface area contributed by atoms with Gasteiger partial charge in [0, 0.05) is 11.3 Å². The van der Waals surface area contributed by atoms with E-state index in [4.69, 9.17) is 22.1 Å². The molecule has 3 aromatic rings. The van der Waals surface area contributed by atoms with Crippen molar-refractivity contribution in [2.24, 2.45) is 10.8 Å². The Morgan fingerprint density at radius 2 is 1.55 bits per heavy atom. The molecule has 0 fully saturated rings. The highest BCUT2D eigenvalue weighted by Gasteiger charge is 2.14. The maximum Gasteiger partial charge on any atom is 0.345 e. The van der Waals surface area contributed by atoms with E-state index >= 15 is 0 Å². The summed E-state index contributed by atoms with van der Waals surface area (Å²) in [6.45, 7) is 0. The highest BCUT2D eigenvalue weighted by atomic mass is 35.5. The van der Waals surface area contributed by atoms with E-state index in [0.717, 1.165) is 0 Å². The first kappa shape index (κ1) is 23.2. The van der Waals surface area contributed by atoms with Crippen molar-refractivity contribution in [1.29, 1.82) is 0 Å². The molecule has 0 spiro atoms. The summed E-state index contributed by atoms with van der Waals surface area (Å²) in [4.78, 5) is 47.0. The van der Waals surface area contributed by atoms with E-state index in [9.17, 15) is 19.2 Å². The lowest BCUT2D eigenvalue weighted by atomic mass is 10.2. The number of carbonyl (C=O) groups excluding carboxylic acids is 4. The third-order valence-corrected chi connectivity index (χ3v) is 4.53. The van der Waals surface area contributed by atoms with E-state index in [0.29, 0.717) is 17.0 Å². The number of anilines is 1. The number of hydrogen-bond donors (Lipinski definition) is 3. The Morgan fingerprint density at radius 3 is 2.18 bits per heavy atom. The first-order valence-corrected chi connectivity index (χ1v) is 9.82. The first-order chi connectivity index (χ1) is 15.8. The van der Waals surface area contributed by atoms with Crippen LogP contribution in [0, 0.1) is 0 Å². The quantitative estimate of drug-likeness (QED) is 0.169. The molecule has 0 radical (unpaired) electrons. The monoisotopic (exact) mass is 464 g/mol. The molecule has 0 aliphatic carbocycles. The Kier molecular flexibility index (Phi) is 7.51. The number of nitrogens with zero attached hydrogens (tertiary/aromatic N) is 1. The summed E-state index contributed by atoms with van der Waals surface area (Å²) in [5, 5.41) is 6.37. The topological polar surface area (TPSA) is 140 Å². The largest absolute Gasteiger partial charge is 0.423 e. The molecule has 3 amide bonds. The number of nitrogens with two attached hydrogens (primary N) is 1. The van der Waals surface area contributed by atoms with Crippen molar-refractivity contribution in [1.82, 2.24) is 5.43 Å². The number of hydrogen-bond acceptors (Lipinski definition) is 6. The molecule has 33 heavy (non-hydrogen) atoms. The van der Waals surface area contributed by atoms with Gasteiger partial charge in [-0.2, -0.15) is 5.10 Å². The molecule has 0 aliphatic rings. The van der Waals surface area contributed by atoms with Gasteiger partial charge in [0.2, 0.25) is 5.91 Å². The van der Waals surface area contributed by atoms with Crippen LogP contribution in [0.25, 0.3) is 0 Å². The van der Waals surface area contributed by atoms with Gasteiger partial charge >= 0.3 is 17.8 Å². The fourth-order valence-electron chi connectivity index (χ4n) is 2.53. The summed E-state index contributed by atoms with van der Waals surface area (Å²) < 4.78 is 5.27. The molecule has 3 aromatic carbocycles. The normalized spacial score (nSPS) is 10.5. The Labute approximate surface area is 193 Å². The van der Waals surface area contributed by atoms with Gasteiger partial charge in [-0.3, -0.25) is 14.4 Å². The minimum Gasteiger partial charge on any atom is -0.423 e. The molecule has 4 N–H and O–H groups in total. The number of halogens is 1. The summed E-state index contributed by atoms with van der Waals surface area (Å²) in [7, 11) is 0. The maximum atomic E-state index is 12.2. The number of benzene rings is 3. The highest BCUT2D eigenvalue weighted by Crippen LogP contribution is 2.19. The van der Waals surface area contributed by atoms with Crippen molar-refractivity contribution >= 4 is 47.2 Å². The molecule has 0 unspecified atom stereocenters. The van der Waals surface area contributed by atoms with Crippen LogP contribution in [0.5, 0.6) is 5.75 Å². The predicted molar refractivity (Wildman–Crippen MR) is 122 cm³/mol. The molecule has 3 rings (SSSR count). The fourth-order valence-corrected chi connectivity index (χ4v) is 2.75. The fraction of sp³-hybridized carbons (Fsp3) is 0. The van der Waals surface area contributed by atoms with Crippen molar-refractivity contribution in [3.63, 3.8) is 0 Å². The smallest absolute Gasteiger partial charge is 0.345 e. The van der Waals surface area contributed by atoms with Gasteiger partial charge in [0.05, 0.1) is 16.8 Å². The molecule has 0 bridgehead atoms. The van der Waals surface area contributed by atoms with Crippen LogP contribution in [-0.2, 0) is 9.59 Å². The van der Waals surface area contributed by atoms with Gasteiger partial charge in [0.1, 0.15) is 5.75 Å². The number of ether oxygens (including phenoxy) is 1. The number of primary amides is 1. The highest BCUT2D eigenvalue weighted by molar-refractivity contribution is 6.39. The number of hydrazone groups is 1. The minimum atomic E-state index is -0.990. The molecule has 9 nitrogen and oxygen atoms in total. The number of esters is 1. The second-order valence-corrected chi connectivity index (χ2v) is 6.94. The molecule has 0 aliphatic heterocycles. The van der Waals surface area contributed by atoms with Crippen molar-refractivity contribution in [3.05, 3.63) is 94.5 Å². The summed E-state index contributed by atoms with van der Waals surface area (Å²) in [5.74, 6) is -2.84. The zero-order chi connectivity index (χ0) is 23.8. The molecule has 0 saturated heterocycles. The van der Waals surface area contributed by atoms with Gasteiger partial charge in [-0.25, -0.2) is 10.2 Å². The van der Waals surface area contributed by atoms with Crippen LogP contribution in [0.2, 0.25) is 5.02 Å². The zero-order valence-corrected chi connectivity index (χ0v) is 17.7. The average molecular weight is 465 g/mol. The Morgan fingerprint density at radius 1 is 0.879 bits per heavy atom. The minimum absolute atomic E-state index is 0.245. The standard InChI is InChI=1S/C23H17ClN4O5/c24-19-4-2-1-3-18(19)23(32)33-17-11-5-14(6-12-17)13-26-28-22(31)21(30)27-16-9-7-15(8-10-16)20(25)29/h1-13H,(H2,25,29)(H,27,30)(H,28,31). The Balaban J connectivity index is 1.50. The van der Waals surface area contributed by atoms with Crippen LogP contribution in [0.4, 0.5) is 5.69 Å². The zero-order valence-electron chi connectivity index (χ0n) is 16.9. The SMILES string of the molecule is NC(=O)c1ccc(NC(=O)C(=O)NN=Cc2ccc(OC(=O)c3ccccc3Cl)cc2)cc1.